The summed E-state index contributed by atoms with van der Waals surface area (Å²) in [4.78, 5) is 0. The van der Waals surface area contributed by atoms with Crippen LogP contribution in [0.4, 0.5) is 0 Å². The first-order chi connectivity index (χ1) is 30.3. The van der Waals surface area contributed by atoms with Crippen molar-refractivity contribution >= 4 is 53.9 Å². The van der Waals surface area contributed by atoms with Crippen LogP contribution >= 0.6 is 0 Å². The molecule has 0 fully saturated rings. The Balaban J connectivity index is 1.03. The summed E-state index contributed by atoms with van der Waals surface area (Å²) in [6.07, 6.45) is 0. The van der Waals surface area contributed by atoms with Gasteiger partial charge < -0.3 is 0 Å². The van der Waals surface area contributed by atoms with Gasteiger partial charge in [0.1, 0.15) is 0 Å². The first-order valence-corrected chi connectivity index (χ1v) is 22.1. The van der Waals surface area contributed by atoms with Gasteiger partial charge in [-0.25, -0.2) is 0 Å². The van der Waals surface area contributed by atoms with E-state index in [4.69, 9.17) is 0 Å². The van der Waals surface area contributed by atoms with E-state index < -0.39 is 0 Å². The molecule has 62 heavy (non-hydrogen) atoms. The number of rotatable bonds is 3. The third-order valence-corrected chi connectivity index (χ3v) is 14.8. The van der Waals surface area contributed by atoms with Gasteiger partial charge in [-0.05, 0) is 150 Å². The average molecular weight is 789 g/mol. The molecule has 13 rings (SSSR count). The molecule has 11 aromatic rings. The predicted molar refractivity (Wildman–Crippen MR) is 265 cm³/mol. The zero-order valence-electron chi connectivity index (χ0n) is 35.5. The molecule has 0 aromatic heterocycles. The lowest BCUT2D eigenvalue weighted by molar-refractivity contribution is 0.661. The highest BCUT2D eigenvalue weighted by Gasteiger charge is 2.39. The van der Waals surface area contributed by atoms with Gasteiger partial charge in [0.25, 0.3) is 0 Å². The Hall–Kier alpha value is -7.28. The quantitative estimate of drug-likeness (QED) is 0.124. The van der Waals surface area contributed by atoms with E-state index in [0.717, 1.165) is 0 Å². The van der Waals surface area contributed by atoms with Crippen molar-refractivity contribution in [2.24, 2.45) is 0 Å². The van der Waals surface area contributed by atoms with Crippen LogP contribution in [0.1, 0.15) is 49.9 Å². The topological polar surface area (TPSA) is 0 Å². The predicted octanol–water partition coefficient (Wildman–Crippen LogP) is 17.1. The van der Waals surface area contributed by atoms with Crippen LogP contribution in [0.3, 0.4) is 0 Å². The van der Waals surface area contributed by atoms with E-state index in [1.165, 1.54) is 132 Å². The number of hydrogen-bond donors (Lipinski definition) is 0. The Morgan fingerprint density at radius 3 is 1.37 bits per heavy atom. The molecule has 0 spiro atoms. The van der Waals surface area contributed by atoms with E-state index in [0.29, 0.717) is 0 Å². The standard InChI is InChI=1S/C62H44/c1-61(2)53-31-16-15-30-50(53)58-43-23-8-6-22-42(43)51(36-55(58)61)57-47-27-12-10-25-45(47)56(46-26-11-13-28-48(46)57)39-19-17-18-37(34-39)38-32-33-54-52(35-38)59-44-24-9-5-20-40(44)41-21-7-14-29-49(41)60(59)62(54,3)4/h5-36H,1-4H3. The minimum absolute atomic E-state index is 0.118. The summed E-state index contributed by atoms with van der Waals surface area (Å²) in [5, 5.41) is 13.1. The molecule has 0 nitrogen and oxygen atoms in total. The van der Waals surface area contributed by atoms with E-state index >= 15 is 0 Å². The number of fused-ring (bicyclic) bond motifs is 15. The lowest BCUT2D eigenvalue weighted by Crippen LogP contribution is -2.15. The summed E-state index contributed by atoms with van der Waals surface area (Å²) in [7, 11) is 0. The Labute approximate surface area is 362 Å². The highest BCUT2D eigenvalue weighted by Crippen LogP contribution is 2.57. The summed E-state index contributed by atoms with van der Waals surface area (Å²) in [6, 6.07) is 73.4. The first-order valence-electron chi connectivity index (χ1n) is 22.1. The summed E-state index contributed by atoms with van der Waals surface area (Å²) in [6.45, 7) is 9.61. The summed E-state index contributed by atoms with van der Waals surface area (Å²) < 4.78 is 0. The van der Waals surface area contributed by atoms with Gasteiger partial charge in [-0.3, -0.25) is 0 Å². The van der Waals surface area contributed by atoms with Crippen LogP contribution < -0.4 is 0 Å². The smallest absolute Gasteiger partial charge is 0.0165 e. The van der Waals surface area contributed by atoms with E-state index in [2.05, 4.69) is 222 Å². The third-order valence-electron chi connectivity index (χ3n) is 14.8. The molecule has 0 saturated heterocycles. The molecule has 0 heterocycles. The molecule has 292 valence electrons. The van der Waals surface area contributed by atoms with Crippen molar-refractivity contribution < 1.29 is 0 Å². The molecule has 2 aliphatic carbocycles. The Bertz CT molecular complexity index is 3690. The van der Waals surface area contributed by atoms with Crippen LogP contribution in [0.25, 0.3) is 109 Å². The molecule has 0 N–H and O–H groups in total. The maximum absolute atomic E-state index is 2.53. The monoisotopic (exact) mass is 788 g/mol. The molecule has 0 atom stereocenters. The van der Waals surface area contributed by atoms with Crippen molar-refractivity contribution in [1.82, 2.24) is 0 Å². The van der Waals surface area contributed by atoms with Crippen LogP contribution in [-0.2, 0) is 10.8 Å². The molecule has 0 bridgehead atoms. The van der Waals surface area contributed by atoms with Crippen molar-refractivity contribution in [3.63, 3.8) is 0 Å². The molecule has 0 amide bonds. The molecular weight excluding hydrogens is 745 g/mol. The molecule has 0 saturated carbocycles. The maximum Gasteiger partial charge on any atom is 0.0165 e. The van der Waals surface area contributed by atoms with Gasteiger partial charge in [0.2, 0.25) is 0 Å². The zero-order valence-corrected chi connectivity index (χ0v) is 35.5. The van der Waals surface area contributed by atoms with Crippen LogP contribution in [0, 0.1) is 0 Å². The van der Waals surface area contributed by atoms with Gasteiger partial charge in [-0.2, -0.15) is 0 Å². The minimum atomic E-state index is -0.127. The van der Waals surface area contributed by atoms with Gasteiger partial charge in [-0.1, -0.05) is 204 Å². The highest BCUT2D eigenvalue weighted by molar-refractivity contribution is 6.25. The second-order valence-electron chi connectivity index (χ2n) is 18.7. The molecule has 0 heteroatoms. The average Bonchev–Trinajstić information content (AvgIpc) is 3.70. The second kappa shape index (κ2) is 12.6. The lowest BCUT2D eigenvalue weighted by atomic mass is 9.79. The van der Waals surface area contributed by atoms with E-state index in [9.17, 15) is 0 Å². The first kappa shape index (κ1) is 35.5. The van der Waals surface area contributed by atoms with Gasteiger partial charge in [-0.15, -0.1) is 0 Å². The summed E-state index contributed by atoms with van der Waals surface area (Å²) in [5.41, 5.74) is 18.5. The van der Waals surface area contributed by atoms with Crippen molar-refractivity contribution in [2.45, 2.75) is 38.5 Å². The van der Waals surface area contributed by atoms with Crippen molar-refractivity contribution in [1.29, 1.82) is 0 Å². The van der Waals surface area contributed by atoms with Crippen LogP contribution in [0.2, 0.25) is 0 Å². The zero-order chi connectivity index (χ0) is 41.5. The minimum Gasteiger partial charge on any atom is -0.0619 e. The summed E-state index contributed by atoms with van der Waals surface area (Å²) in [5.74, 6) is 0. The van der Waals surface area contributed by atoms with Crippen LogP contribution in [0.5, 0.6) is 0 Å². The van der Waals surface area contributed by atoms with Gasteiger partial charge in [0.05, 0.1) is 0 Å². The summed E-state index contributed by atoms with van der Waals surface area (Å²) >= 11 is 0. The van der Waals surface area contributed by atoms with E-state index in [1.54, 1.807) is 0 Å². The molecule has 11 aromatic carbocycles. The SMILES string of the molecule is CC1(C)c2ccccc2-c2c1cc(-c1c3ccccc3c(-c3cccc(-c4ccc5c(c4)-c4c(c6ccccc6c6ccccc46)C5(C)C)c3)c3ccccc13)c1ccccc21. The molecule has 0 radical (unpaired) electrons. The van der Waals surface area contributed by atoms with Crippen molar-refractivity contribution in [3.8, 4) is 55.6 Å². The molecule has 0 aliphatic heterocycles. The molecular formula is C62H44. The fourth-order valence-corrected chi connectivity index (χ4v) is 12.0. The third kappa shape index (κ3) is 4.67. The van der Waals surface area contributed by atoms with Crippen LogP contribution in [-0.4, -0.2) is 0 Å². The van der Waals surface area contributed by atoms with Crippen LogP contribution in [0.15, 0.2) is 194 Å². The molecule has 0 unspecified atom stereocenters. The largest absolute Gasteiger partial charge is 0.0619 e. The van der Waals surface area contributed by atoms with Gasteiger partial charge in [0, 0.05) is 10.8 Å². The number of hydrogen-bond acceptors (Lipinski definition) is 0. The fourth-order valence-electron chi connectivity index (χ4n) is 12.0. The number of benzene rings is 11. The van der Waals surface area contributed by atoms with E-state index in [-0.39, 0.29) is 10.8 Å². The van der Waals surface area contributed by atoms with Gasteiger partial charge in [0.15, 0.2) is 0 Å². The Kier molecular flexibility index (Phi) is 7.23. The second-order valence-corrected chi connectivity index (χ2v) is 18.7. The maximum atomic E-state index is 2.53. The lowest BCUT2D eigenvalue weighted by Gasteiger charge is -2.24. The van der Waals surface area contributed by atoms with Gasteiger partial charge >= 0.3 is 0 Å². The highest BCUT2D eigenvalue weighted by atomic mass is 14.4. The molecule has 2 aliphatic rings. The van der Waals surface area contributed by atoms with E-state index in [1.807, 2.05) is 0 Å². The Morgan fingerprint density at radius 2 is 0.710 bits per heavy atom. The Morgan fingerprint density at radius 1 is 0.242 bits per heavy atom. The normalized spacial score (nSPS) is 14.4. The van der Waals surface area contributed by atoms with Crippen molar-refractivity contribution in [2.75, 3.05) is 0 Å². The fraction of sp³-hybridized carbons (Fsp3) is 0.0968. The van der Waals surface area contributed by atoms with Crippen molar-refractivity contribution in [3.05, 3.63) is 216 Å².